The second-order valence-corrected chi connectivity index (χ2v) is 7.71. The Labute approximate surface area is 123 Å². The molecule has 20 heavy (non-hydrogen) atoms. The van der Waals surface area contributed by atoms with Crippen LogP contribution in [0.15, 0.2) is 24.8 Å². The Balaban J connectivity index is 3.03. The molecule has 0 amide bonds. The summed E-state index contributed by atoms with van der Waals surface area (Å²) >= 11 is -1.30. The molecule has 2 atom stereocenters. The second-order valence-electron chi connectivity index (χ2n) is 5.72. The molecule has 0 heterocycles. The van der Waals surface area contributed by atoms with Crippen LogP contribution in [0.4, 0.5) is 4.39 Å². The van der Waals surface area contributed by atoms with E-state index in [0.29, 0.717) is 17.5 Å². The van der Waals surface area contributed by atoms with Gasteiger partial charge in [0.05, 0.1) is 6.04 Å². The lowest BCUT2D eigenvalue weighted by Crippen LogP contribution is -2.40. The summed E-state index contributed by atoms with van der Waals surface area (Å²) in [6, 6.07) is 2.13. The van der Waals surface area contributed by atoms with E-state index < -0.39 is 28.0 Å². The van der Waals surface area contributed by atoms with Crippen LogP contribution in [-0.4, -0.2) is 14.4 Å². The highest BCUT2D eigenvalue weighted by Gasteiger charge is 2.29. The van der Waals surface area contributed by atoms with Gasteiger partial charge in [0.2, 0.25) is 0 Å². The maximum absolute atomic E-state index is 13.6. The molecule has 1 aromatic carbocycles. The minimum absolute atomic E-state index is 0.0252. The molecule has 0 saturated heterocycles. The highest BCUT2D eigenvalue weighted by Crippen LogP contribution is 2.31. The third kappa shape index (κ3) is 4.23. The molecular weight excluding hydrogens is 277 g/mol. The van der Waals surface area contributed by atoms with Gasteiger partial charge in [0, 0.05) is 22.5 Å². The van der Waals surface area contributed by atoms with E-state index in [-0.39, 0.29) is 5.75 Å². The van der Waals surface area contributed by atoms with Gasteiger partial charge in [-0.3, -0.25) is 0 Å². The standard InChI is InChI=1S/C15H22FNO2S/c1-6-7-11-8-12(16)9-13(14(11)18)10(2)17-20(19)15(3,4)5/h6,8-10,17-18H,1,7H2,2-5H3/t10-,20-/m1/s1. The number of hydrogen-bond donors (Lipinski definition) is 2. The molecule has 0 saturated carbocycles. The lowest BCUT2D eigenvalue weighted by molar-refractivity contribution is 0.450. The van der Waals surface area contributed by atoms with E-state index in [1.165, 1.54) is 12.1 Å². The number of nitrogens with one attached hydrogen (secondary N) is 1. The van der Waals surface area contributed by atoms with Gasteiger partial charge in [-0.15, -0.1) is 11.3 Å². The Kier molecular flexibility index (Phi) is 5.62. The van der Waals surface area contributed by atoms with Crippen molar-refractivity contribution in [3.8, 4) is 5.75 Å². The molecule has 1 rings (SSSR count). The Morgan fingerprint density at radius 2 is 2.10 bits per heavy atom. The van der Waals surface area contributed by atoms with E-state index in [0.717, 1.165) is 0 Å². The van der Waals surface area contributed by atoms with Crippen LogP contribution in [0.5, 0.6) is 5.75 Å². The van der Waals surface area contributed by atoms with Crippen LogP contribution in [0.1, 0.15) is 44.9 Å². The molecule has 0 aliphatic carbocycles. The van der Waals surface area contributed by atoms with Crippen LogP contribution in [0.2, 0.25) is 0 Å². The van der Waals surface area contributed by atoms with Crippen LogP contribution < -0.4 is 4.72 Å². The zero-order valence-corrected chi connectivity index (χ0v) is 13.2. The first-order valence-electron chi connectivity index (χ1n) is 6.47. The first-order chi connectivity index (χ1) is 9.16. The first-order valence-corrected chi connectivity index (χ1v) is 7.62. The van der Waals surface area contributed by atoms with Crippen molar-refractivity contribution in [3.63, 3.8) is 0 Å². The van der Waals surface area contributed by atoms with Crippen molar-refractivity contribution < 1.29 is 14.0 Å². The van der Waals surface area contributed by atoms with E-state index in [1.807, 2.05) is 20.8 Å². The van der Waals surface area contributed by atoms with Crippen molar-refractivity contribution in [1.82, 2.24) is 4.72 Å². The Hall–Kier alpha value is -1.04. The lowest BCUT2D eigenvalue weighted by atomic mass is 10.0. The van der Waals surface area contributed by atoms with E-state index in [1.54, 1.807) is 13.0 Å². The van der Waals surface area contributed by atoms with E-state index >= 15 is 0 Å². The Bertz CT molecular complexity index is 485. The van der Waals surface area contributed by atoms with Gasteiger partial charge in [-0.1, -0.05) is 6.08 Å². The molecule has 0 unspecified atom stereocenters. The van der Waals surface area contributed by atoms with Gasteiger partial charge in [-0.05, 0) is 46.2 Å². The summed E-state index contributed by atoms with van der Waals surface area (Å²) < 4.78 is 28.1. The zero-order valence-electron chi connectivity index (χ0n) is 12.4. The third-order valence-corrected chi connectivity index (χ3v) is 4.53. The summed E-state index contributed by atoms with van der Waals surface area (Å²) in [5.74, 6) is -0.401. The molecule has 112 valence electrons. The smallest absolute Gasteiger partial charge is 0.136 e. The summed E-state index contributed by atoms with van der Waals surface area (Å²) in [6.07, 6.45) is 1.98. The summed E-state index contributed by atoms with van der Waals surface area (Å²) in [5.41, 5.74) is 0.879. The van der Waals surface area contributed by atoms with Gasteiger partial charge in [-0.2, -0.15) is 0 Å². The average molecular weight is 299 g/mol. The van der Waals surface area contributed by atoms with Crippen molar-refractivity contribution in [3.05, 3.63) is 41.7 Å². The molecule has 1 aromatic rings. The summed E-state index contributed by atoms with van der Waals surface area (Å²) in [6.45, 7) is 10.9. The molecule has 0 spiro atoms. The summed E-state index contributed by atoms with van der Waals surface area (Å²) in [7, 11) is 0. The van der Waals surface area contributed by atoms with E-state index in [9.17, 15) is 14.0 Å². The van der Waals surface area contributed by atoms with E-state index in [4.69, 9.17) is 0 Å². The fraction of sp³-hybridized carbons (Fsp3) is 0.467. The molecule has 0 aromatic heterocycles. The molecule has 0 fully saturated rings. The Morgan fingerprint density at radius 3 is 2.60 bits per heavy atom. The number of aromatic hydroxyl groups is 1. The summed E-state index contributed by atoms with van der Waals surface area (Å²) in [4.78, 5) is 0. The molecular formula is C15H22FNO2S. The van der Waals surface area contributed by atoms with Gasteiger partial charge in [0.1, 0.15) is 16.3 Å². The fourth-order valence-electron chi connectivity index (χ4n) is 1.72. The van der Waals surface area contributed by atoms with Crippen LogP contribution in [0, 0.1) is 5.82 Å². The molecule has 2 N–H and O–H groups in total. The molecule has 0 bridgehead atoms. The number of hydrogen-bond acceptors (Lipinski definition) is 3. The quantitative estimate of drug-likeness (QED) is 0.647. The topological polar surface area (TPSA) is 55.3 Å². The SMILES string of the molecule is C=CCc1cc(F)cc([C@@H](C)N[S@+]([O-])C(C)(C)C)c1O. The van der Waals surface area contributed by atoms with Gasteiger partial charge in [0.25, 0.3) is 0 Å². The maximum atomic E-state index is 13.6. The normalized spacial score (nSPS) is 14.9. The number of allylic oxidation sites excluding steroid dienone is 1. The lowest BCUT2D eigenvalue weighted by Gasteiger charge is -2.27. The minimum Gasteiger partial charge on any atom is -0.598 e. The van der Waals surface area contributed by atoms with Gasteiger partial charge in [-0.25, -0.2) is 4.39 Å². The molecule has 0 radical (unpaired) electrons. The predicted octanol–water partition coefficient (Wildman–Crippen LogP) is 3.37. The van der Waals surface area contributed by atoms with Gasteiger partial charge < -0.3 is 9.66 Å². The Morgan fingerprint density at radius 1 is 1.50 bits per heavy atom. The largest absolute Gasteiger partial charge is 0.598 e. The highest BCUT2D eigenvalue weighted by atomic mass is 32.2. The van der Waals surface area contributed by atoms with Crippen LogP contribution in [0.3, 0.4) is 0 Å². The third-order valence-electron chi connectivity index (χ3n) is 2.85. The number of phenols is 1. The monoisotopic (exact) mass is 299 g/mol. The number of phenolic OH excluding ortho intramolecular Hbond substituents is 1. The predicted molar refractivity (Wildman–Crippen MR) is 81.4 cm³/mol. The average Bonchev–Trinajstić information content (AvgIpc) is 2.32. The van der Waals surface area contributed by atoms with Gasteiger partial charge >= 0.3 is 0 Å². The van der Waals surface area contributed by atoms with Crippen molar-refractivity contribution in [2.45, 2.75) is 44.9 Å². The maximum Gasteiger partial charge on any atom is 0.136 e. The van der Waals surface area contributed by atoms with Gasteiger partial charge in [0.15, 0.2) is 0 Å². The van der Waals surface area contributed by atoms with Crippen LogP contribution in [-0.2, 0) is 17.8 Å². The first kappa shape index (κ1) is 17.0. The van der Waals surface area contributed by atoms with Crippen molar-refractivity contribution in [2.75, 3.05) is 0 Å². The number of halogens is 1. The fourth-order valence-corrected chi connectivity index (χ4v) is 2.52. The molecule has 3 nitrogen and oxygen atoms in total. The minimum atomic E-state index is -1.30. The second kappa shape index (κ2) is 6.61. The summed E-state index contributed by atoms with van der Waals surface area (Å²) in [5, 5.41) is 10.2. The van der Waals surface area contributed by atoms with Crippen molar-refractivity contribution in [1.29, 1.82) is 0 Å². The van der Waals surface area contributed by atoms with Crippen LogP contribution >= 0.6 is 0 Å². The zero-order chi connectivity index (χ0) is 15.5. The van der Waals surface area contributed by atoms with Crippen molar-refractivity contribution >= 4 is 11.4 Å². The van der Waals surface area contributed by atoms with E-state index in [2.05, 4.69) is 11.3 Å². The number of rotatable bonds is 5. The highest BCUT2D eigenvalue weighted by molar-refractivity contribution is 7.90. The number of benzene rings is 1. The molecule has 0 aliphatic heterocycles. The van der Waals surface area contributed by atoms with Crippen molar-refractivity contribution in [2.24, 2.45) is 0 Å². The molecule has 0 aliphatic rings. The molecule has 5 heteroatoms. The van der Waals surface area contributed by atoms with Crippen LogP contribution in [0.25, 0.3) is 0 Å².